The van der Waals surface area contributed by atoms with Crippen LogP contribution in [0.15, 0.2) is 60.9 Å². The minimum atomic E-state index is 0.364. The van der Waals surface area contributed by atoms with Crippen LogP contribution in [0.1, 0.15) is 35.7 Å². The van der Waals surface area contributed by atoms with Crippen LogP contribution in [0.3, 0.4) is 0 Å². The SMILES string of the molecule is Cc1ccc(Nc2nccc(C3CCCN3CCc3ccccc3)n2)nc1. The summed E-state index contributed by atoms with van der Waals surface area (Å²) in [5, 5.41) is 3.22. The molecule has 1 aliphatic rings. The molecule has 1 saturated heterocycles. The first-order valence-electron chi connectivity index (χ1n) is 9.58. The fourth-order valence-corrected chi connectivity index (χ4v) is 3.62. The summed E-state index contributed by atoms with van der Waals surface area (Å²) in [5.74, 6) is 1.38. The van der Waals surface area contributed by atoms with Gasteiger partial charge in [-0.05, 0) is 56.0 Å². The van der Waals surface area contributed by atoms with E-state index in [4.69, 9.17) is 4.98 Å². The number of benzene rings is 1. The molecule has 1 fully saturated rings. The topological polar surface area (TPSA) is 53.9 Å². The van der Waals surface area contributed by atoms with Crippen molar-refractivity contribution >= 4 is 11.8 Å². The van der Waals surface area contributed by atoms with E-state index in [0.717, 1.165) is 43.0 Å². The maximum absolute atomic E-state index is 4.77. The molecule has 2 aromatic heterocycles. The number of anilines is 2. The Hall–Kier alpha value is -2.79. The Kier molecular flexibility index (Phi) is 5.39. The molecule has 0 aliphatic carbocycles. The highest BCUT2D eigenvalue weighted by molar-refractivity contribution is 5.47. The van der Waals surface area contributed by atoms with E-state index in [9.17, 15) is 0 Å². The van der Waals surface area contributed by atoms with E-state index in [1.54, 1.807) is 0 Å². The van der Waals surface area contributed by atoms with Crippen molar-refractivity contribution in [3.05, 3.63) is 77.7 Å². The summed E-state index contributed by atoms with van der Waals surface area (Å²) in [5.41, 5.74) is 3.61. The van der Waals surface area contributed by atoms with Crippen LogP contribution in [0.5, 0.6) is 0 Å². The zero-order valence-electron chi connectivity index (χ0n) is 15.7. The third-order valence-corrected chi connectivity index (χ3v) is 5.06. The van der Waals surface area contributed by atoms with E-state index in [1.807, 2.05) is 37.5 Å². The highest BCUT2D eigenvalue weighted by Crippen LogP contribution is 2.31. The number of hydrogen-bond acceptors (Lipinski definition) is 5. The van der Waals surface area contributed by atoms with Crippen molar-refractivity contribution in [3.8, 4) is 0 Å². The molecular weight excluding hydrogens is 334 g/mol. The molecule has 1 N–H and O–H groups in total. The zero-order valence-corrected chi connectivity index (χ0v) is 15.7. The summed E-state index contributed by atoms with van der Waals surface area (Å²) in [6.07, 6.45) is 7.11. The first kappa shape index (κ1) is 17.6. The van der Waals surface area contributed by atoms with Gasteiger partial charge in [0.15, 0.2) is 0 Å². The molecule has 0 amide bonds. The van der Waals surface area contributed by atoms with Gasteiger partial charge in [0.1, 0.15) is 5.82 Å². The molecule has 1 aliphatic heterocycles. The molecule has 3 heterocycles. The summed E-state index contributed by atoms with van der Waals surface area (Å²) in [7, 11) is 0. The number of hydrogen-bond donors (Lipinski definition) is 1. The fourth-order valence-electron chi connectivity index (χ4n) is 3.62. The van der Waals surface area contributed by atoms with Crippen LogP contribution in [0.4, 0.5) is 11.8 Å². The van der Waals surface area contributed by atoms with E-state index < -0.39 is 0 Å². The van der Waals surface area contributed by atoms with Crippen molar-refractivity contribution in [2.45, 2.75) is 32.2 Å². The van der Waals surface area contributed by atoms with Crippen molar-refractivity contribution in [1.82, 2.24) is 19.9 Å². The maximum atomic E-state index is 4.77. The molecule has 0 radical (unpaired) electrons. The molecule has 5 nitrogen and oxygen atoms in total. The predicted molar refractivity (Wildman–Crippen MR) is 108 cm³/mol. The van der Waals surface area contributed by atoms with Crippen molar-refractivity contribution < 1.29 is 0 Å². The standard InChI is InChI=1S/C22H25N5/c1-17-9-10-21(24-16-17)26-22-23-13-11-19(25-22)20-8-5-14-27(20)15-12-18-6-3-2-4-7-18/h2-4,6-7,9-11,13,16,20H,5,8,12,14-15H2,1H3,(H,23,24,25,26). The highest BCUT2D eigenvalue weighted by Gasteiger charge is 2.27. The number of pyridine rings is 1. The quantitative estimate of drug-likeness (QED) is 0.711. The van der Waals surface area contributed by atoms with Crippen LogP contribution >= 0.6 is 0 Å². The Bertz CT molecular complexity index is 863. The molecule has 1 atom stereocenters. The van der Waals surface area contributed by atoms with Gasteiger partial charge in [-0.2, -0.15) is 0 Å². The average molecular weight is 359 g/mol. The van der Waals surface area contributed by atoms with Crippen LogP contribution in [0.2, 0.25) is 0 Å². The highest BCUT2D eigenvalue weighted by atomic mass is 15.2. The van der Waals surface area contributed by atoms with Gasteiger partial charge in [-0.25, -0.2) is 15.0 Å². The number of likely N-dealkylation sites (tertiary alicyclic amines) is 1. The molecule has 27 heavy (non-hydrogen) atoms. The van der Waals surface area contributed by atoms with E-state index in [2.05, 4.69) is 50.5 Å². The minimum Gasteiger partial charge on any atom is -0.309 e. The molecule has 3 aromatic rings. The fraction of sp³-hybridized carbons (Fsp3) is 0.318. The molecule has 138 valence electrons. The molecule has 0 saturated carbocycles. The van der Waals surface area contributed by atoms with Gasteiger partial charge in [0.05, 0.1) is 11.7 Å². The van der Waals surface area contributed by atoms with Gasteiger partial charge in [-0.15, -0.1) is 0 Å². The number of nitrogens with zero attached hydrogens (tertiary/aromatic N) is 4. The summed E-state index contributed by atoms with van der Waals surface area (Å²) >= 11 is 0. The second-order valence-electron chi connectivity index (χ2n) is 7.08. The first-order chi connectivity index (χ1) is 13.3. The lowest BCUT2D eigenvalue weighted by atomic mass is 10.1. The normalized spacial score (nSPS) is 17.1. The van der Waals surface area contributed by atoms with Crippen LogP contribution in [0.25, 0.3) is 0 Å². The monoisotopic (exact) mass is 359 g/mol. The van der Waals surface area contributed by atoms with Gasteiger partial charge in [0, 0.05) is 18.9 Å². The van der Waals surface area contributed by atoms with E-state index in [-0.39, 0.29) is 0 Å². The Balaban J connectivity index is 1.44. The molecule has 1 aromatic carbocycles. The van der Waals surface area contributed by atoms with Gasteiger partial charge < -0.3 is 5.32 Å². The molecule has 0 bridgehead atoms. The van der Waals surface area contributed by atoms with Crippen molar-refractivity contribution in [2.75, 3.05) is 18.4 Å². The number of aryl methyl sites for hydroxylation is 1. The van der Waals surface area contributed by atoms with E-state index in [1.165, 1.54) is 12.0 Å². The Morgan fingerprint density at radius 1 is 1.07 bits per heavy atom. The Morgan fingerprint density at radius 3 is 2.78 bits per heavy atom. The molecular formula is C22H25N5. The largest absolute Gasteiger partial charge is 0.309 e. The third kappa shape index (κ3) is 4.49. The Morgan fingerprint density at radius 2 is 1.96 bits per heavy atom. The first-order valence-corrected chi connectivity index (χ1v) is 9.58. The zero-order chi connectivity index (χ0) is 18.5. The van der Waals surface area contributed by atoms with E-state index >= 15 is 0 Å². The van der Waals surface area contributed by atoms with Crippen LogP contribution in [0, 0.1) is 6.92 Å². The van der Waals surface area contributed by atoms with Gasteiger partial charge in [0.25, 0.3) is 0 Å². The van der Waals surface area contributed by atoms with Crippen molar-refractivity contribution in [3.63, 3.8) is 0 Å². The number of aromatic nitrogens is 3. The van der Waals surface area contributed by atoms with Crippen LogP contribution < -0.4 is 5.32 Å². The van der Waals surface area contributed by atoms with Crippen molar-refractivity contribution in [2.24, 2.45) is 0 Å². The lowest BCUT2D eigenvalue weighted by Gasteiger charge is -2.24. The minimum absolute atomic E-state index is 0.364. The smallest absolute Gasteiger partial charge is 0.228 e. The number of rotatable bonds is 6. The molecule has 5 heteroatoms. The van der Waals surface area contributed by atoms with Gasteiger partial charge in [-0.1, -0.05) is 36.4 Å². The van der Waals surface area contributed by atoms with Crippen LogP contribution in [-0.4, -0.2) is 32.9 Å². The maximum Gasteiger partial charge on any atom is 0.228 e. The molecule has 4 rings (SSSR count). The van der Waals surface area contributed by atoms with Crippen molar-refractivity contribution in [1.29, 1.82) is 0 Å². The lowest BCUT2D eigenvalue weighted by molar-refractivity contribution is 0.256. The van der Waals surface area contributed by atoms with Crippen LogP contribution in [-0.2, 0) is 6.42 Å². The van der Waals surface area contributed by atoms with Gasteiger partial charge >= 0.3 is 0 Å². The predicted octanol–water partition coefficient (Wildman–Crippen LogP) is 4.30. The Labute approximate surface area is 160 Å². The summed E-state index contributed by atoms with van der Waals surface area (Å²) in [6.45, 7) is 4.21. The third-order valence-electron chi connectivity index (χ3n) is 5.06. The lowest BCUT2D eigenvalue weighted by Crippen LogP contribution is -2.26. The average Bonchev–Trinajstić information content (AvgIpc) is 3.18. The molecule has 0 spiro atoms. The second kappa shape index (κ2) is 8.27. The summed E-state index contributed by atoms with van der Waals surface area (Å²) in [6, 6.07) is 17.1. The summed E-state index contributed by atoms with van der Waals surface area (Å²) in [4.78, 5) is 16.1. The molecule has 1 unspecified atom stereocenters. The van der Waals surface area contributed by atoms with Gasteiger partial charge in [0.2, 0.25) is 5.95 Å². The second-order valence-corrected chi connectivity index (χ2v) is 7.08. The van der Waals surface area contributed by atoms with Gasteiger partial charge in [-0.3, -0.25) is 4.90 Å². The van der Waals surface area contributed by atoms with E-state index in [0.29, 0.717) is 12.0 Å². The number of nitrogens with one attached hydrogen (secondary N) is 1. The summed E-state index contributed by atoms with van der Waals surface area (Å²) < 4.78 is 0.